The maximum atomic E-state index is 13.6. The van der Waals surface area contributed by atoms with Crippen molar-refractivity contribution in [2.45, 2.75) is 328 Å². The first-order chi connectivity index (χ1) is 40.4. The Morgan fingerprint density at radius 1 is 0.422 bits per heavy atom. The third-order valence-corrected chi connectivity index (χ3v) is 16.3. The highest BCUT2D eigenvalue weighted by atomic mass is 31.2. The van der Waals surface area contributed by atoms with E-state index < -0.39 is 20.0 Å². The molecule has 0 spiro atoms. The first-order valence-electron chi connectivity index (χ1n) is 34.9. The summed E-state index contributed by atoms with van der Waals surface area (Å²) >= 11 is 0. The maximum Gasteiger partial charge on any atom is 0.472 e. The molecule has 0 aromatic rings. The van der Waals surface area contributed by atoms with E-state index in [1.54, 1.807) is 0 Å². The number of nitrogens with zero attached hydrogens (tertiary/aromatic N) is 1. The van der Waals surface area contributed by atoms with E-state index in [0.29, 0.717) is 17.4 Å². The molecule has 0 aromatic carbocycles. The quantitative estimate of drug-likeness (QED) is 0.0205. The Bertz CT molecular complexity index is 1700. The van der Waals surface area contributed by atoms with E-state index in [9.17, 15) is 19.0 Å². The van der Waals surface area contributed by atoms with E-state index in [-0.39, 0.29) is 31.5 Å². The highest BCUT2D eigenvalue weighted by Gasteiger charge is 2.30. The summed E-state index contributed by atoms with van der Waals surface area (Å²) in [5, 5.41) is 3.07. The molecular weight excluding hydrogens is 1050 g/mol. The number of amides is 1. The molecule has 0 saturated carbocycles. The zero-order valence-electron chi connectivity index (χ0n) is 55.2. The molecule has 0 rings (SSSR count). The number of ether oxygens (including phenoxy) is 1. The molecule has 0 aromatic heterocycles. The van der Waals surface area contributed by atoms with E-state index >= 15 is 0 Å². The van der Waals surface area contributed by atoms with Gasteiger partial charge in [0.25, 0.3) is 0 Å². The van der Waals surface area contributed by atoms with E-state index in [1.165, 1.54) is 186 Å². The van der Waals surface area contributed by atoms with Gasteiger partial charge in [-0.3, -0.25) is 18.6 Å². The molecule has 3 atom stereocenters. The molecule has 0 aliphatic rings. The number of carbonyl (C=O) groups excluding carboxylic acids is 2. The lowest BCUT2D eigenvalue weighted by atomic mass is 10.0. The summed E-state index contributed by atoms with van der Waals surface area (Å²) in [5.41, 5.74) is 0. The van der Waals surface area contributed by atoms with Crippen molar-refractivity contribution in [3.05, 3.63) is 85.1 Å². The fraction of sp³-hybridized carbons (Fsp3) is 0.781. The minimum absolute atomic E-state index is 0.0353. The van der Waals surface area contributed by atoms with Crippen molar-refractivity contribution >= 4 is 19.7 Å². The number of rotatable bonds is 63. The number of phosphoric ester groups is 1. The highest BCUT2D eigenvalue weighted by molar-refractivity contribution is 7.47. The van der Waals surface area contributed by atoms with Crippen molar-refractivity contribution in [2.75, 3.05) is 40.9 Å². The molecule has 3 unspecified atom stereocenters. The van der Waals surface area contributed by atoms with Gasteiger partial charge in [-0.25, -0.2) is 4.57 Å². The van der Waals surface area contributed by atoms with Crippen molar-refractivity contribution in [3.8, 4) is 0 Å². The largest absolute Gasteiger partial charge is 0.472 e. The zero-order valence-corrected chi connectivity index (χ0v) is 56.1. The standard InChI is InChI=1S/C73H133N2O7P/c1-7-10-13-16-19-22-25-28-30-32-34-36-37-39-41-43-45-48-51-54-57-60-63-66-73(77)82-71(64-61-58-55-52-49-46-27-24-21-18-15-12-9-3)70(69-81-83(78,79)80-68-67-75(4,5)6)74-72(76)65-62-59-56-53-50-47-44-42-40-38-35-33-31-29-26-23-20-17-14-11-8-2/h19-20,22-23,28-31,34-36,38,61,64,70-71H,7-18,21,24-27,32-33,37,39-60,62-63,65-69H2,1-6H3,(H-,74,76,78,79)/p+1/b22-19-,23-20-,30-28-,31-29-,36-34-,38-35-,64-61+. The lowest BCUT2D eigenvalue weighted by molar-refractivity contribution is -0.870. The van der Waals surface area contributed by atoms with Crippen LogP contribution in [0.5, 0.6) is 0 Å². The van der Waals surface area contributed by atoms with Crippen LogP contribution in [0.1, 0.15) is 316 Å². The van der Waals surface area contributed by atoms with Crippen LogP contribution in [-0.2, 0) is 27.9 Å². The summed E-state index contributed by atoms with van der Waals surface area (Å²) in [7, 11) is 1.49. The van der Waals surface area contributed by atoms with E-state index in [2.05, 4.69) is 99.0 Å². The molecule has 0 bridgehead atoms. The Kier molecular flexibility index (Phi) is 60.1. The van der Waals surface area contributed by atoms with Gasteiger partial charge in [-0.1, -0.05) is 280 Å². The number of unbranched alkanes of at least 4 members (excludes halogenated alkanes) is 35. The zero-order chi connectivity index (χ0) is 60.7. The van der Waals surface area contributed by atoms with Crippen molar-refractivity contribution in [1.82, 2.24) is 5.32 Å². The van der Waals surface area contributed by atoms with Gasteiger partial charge < -0.3 is 19.4 Å². The average Bonchev–Trinajstić information content (AvgIpc) is 3.47. The molecular formula is C73H134N2O7P+. The summed E-state index contributed by atoms with van der Waals surface area (Å²) in [5.74, 6) is -0.512. The smallest absolute Gasteiger partial charge is 0.456 e. The number of hydrogen-bond acceptors (Lipinski definition) is 6. The molecule has 9 nitrogen and oxygen atoms in total. The number of carbonyl (C=O) groups is 2. The molecule has 0 fully saturated rings. The number of likely N-dealkylation sites (N-methyl/N-ethyl adjacent to an activating group) is 1. The number of quaternary nitrogens is 1. The predicted octanol–water partition coefficient (Wildman–Crippen LogP) is 22.1. The molecule has 0 aliphatic heterocycles. The van der Waals surface area contributed by atoms with Crippen LogP contribution >= 0.6 is 7.82 Å². The van der Waals surface area contributed by atoms with Gasteiger partial charge in [0.15, 0.2) is 0 Å². The third kappa shape index (κ3) is 63.5. The summed E-state index contributed by atoms with van der Waals surface area (Å²) in [4.78, 5) is 37.9. The number of phosphoric acid groups is 1. The Labute approximate surface area is 514 Å². The van der Waals surface area contributed by atoms with Gasteiger partial charge in [-0.2, -0.15) is 0 Å². The second kappa shape index (κ2) is 62.2. The van der Waals surface area contributed by atoms with Crippen LogP contribution in [0.3, 0.4) is 0 Å². The SMILES string of the molecule is CCCCC/C=C\C/C=C\C/C=C\CCCCCCCCCCCCC(=O)OC(/C=C/CCCCCCCCCCCCC)C(COP(=O)(O)OCC[N+](C)(C)C)NC(=O)CCCCCCCCCC/C=C\C/C=C\C/C=C\CCCCC. The van der Waals surface area contributed by atoms with Gasteiger partial charge in [-0.15, -0.1) is 0 Å². The van der Waals surface area contributed by atoms with Crippen molar-refractivity contribution in [3.63, 3.8) is 0 Å². The predicted molar refractivity (Wildman–Crippen MR) is 360 cm³/mol. The normalized spacial score (nSPS) is 14.1. The summed E-state index contributed by atoms with van der Waals surface area (Å²) < 4.78 is 30.8. The van der Waals surface area contributed by atoms with E-state index in [0.717, 1.165) is 96.3 Å². The summed E-state index contributed by atoms with van der Waals surface area (Å²) in [6.45, 7) is 6.98. The number of nitrogens with one attached hydrogen (secondary N) is 1. The fourth-order valence-corrected chi connectivity index (χ4v) is 10.6. The first kappa shape index (κ1) is 80.2. The number of hydrogen-bond donors (Lipinski definition) is 2. The lowest BCUT2D eigenvalue weighted by Gasteiger charge is -2.27. The monoisotopic (exact) mass is 1180 g/mol. The van der Waals surface area contributed by atoms with Crippen LogP contribution in [0.25, 0.3) is 0 Å². The lowest BCUT2D eigenvalue weighted by Crippen LogP contribution is -2.47. The van der Waals surface area contributed by atoms with Crippen LogP contribution < -0.4 is 5.32 Å². The maximum absolute atomic E-state index is 13.6. The van der Waals surface area contributed by atoms with Gasteiger partial charge in [-0.05, 0) is 109 Å². The second-order valence-electron chi connectivity index (χ2n) is 24.7. The summed E-state index contributed by atoms with van der Waals surface area (Å²) in [6, 6.07) is -0.859. The van der Waals surface area contributed by atoms with Crippen LogP contribution in [0.15, 0.2) is 85.1 Å². The van der Waals surface area contributed by atoms with Crippen LogP contribution in [0.4, 0.5) is 0 Å². The van der Waals surface area contributed by atoms with Crippen LogP contribution in [-0.4, -0.2) is 74.3 Å². The minimum atomic E-state index is -4.46. The first-order valence-corrected chi connectivity index (χ1v) is 36.4. The number of allylic oxidation sites excluding steroid dienone is 13. The molecule has 0 aliphatic carbocycles. The van der Waals surface area contributed by atoms with Crippen LogP contribution in [0, 0.1) is 0 Å². The Morgan fingerprint density at radius 3 is 1.12 bits per heavy atom. The van der Waals surface area contributed by atoms with Crippen molar-refractivity contribution in [1.29, 1.82) is 0 Å². The topological polar surface area (TPSA) is 111 Å². The molecule has 2 N–H and O–H groups in total. The highest BCUT2D eigenvalue weighted by Crippen LogP contribution is 2.43. The Morgan fingerprint density at radius 2 is 0.735 bits per heavy atom. The molecule has 0 saturated heterocycles. The van der Waals surface area contributed by atoms with Gasteiger partial charge in [0.1, 0.15) is 19.3 Å². The van der Waals surface area contributed by atoms with Crippen LogP contribution in [0.2, 0.25) is 0 Å². The minimum Gasteiger partial charge on any atom is -0.456 e. The Balaban J connectivity index is 5.17. The molecule has 482 valence electrons. The molecule has 0 radical (unpaired) electrons. The molecule has 10 heteroatoms. The Hall–Kier alpha value is -2.81. The van der Waals surface area contributed by atoms with Crippen molar-refractivity contribution < 1.29 is 37.3 Å². The van der Waals surface area contributed by atoms with E-state index in [1.807, 2.05) is 33.3 Å². The number of esters is 1. The van der Waals surface area contributed by atoms with Gasteiger partial charge >= 0.3 is 13.8 Å². The summed E-state index contributed by atoms with van der Waals surface area (Å²) in [6.07, 6.45) is 82.9. The average molecular weight is 1180 g/mol. The van der Waals surface area contributed by atoms with E-state index in [4.69, 9.17) is 13.8 Å². The van der Waals surface area contributed by atoms with Crippen molar-refractivity contribution in [2.24, 2.45) is 0 Å². The molecule has 1 amide bonds. The molecule has 83 heavy (non-hydrogen) atoms. The second-order valence-corrected chi connectivity index (χ2v) is 26.1. The van der Waals surface area contributed by atoms with Gasteiger partial charge in [0, 0.05) is 12.8 Å². The van der Waals surface area contributed by atoms with Gasteiger partial charge in [0.05, 0.1) is 33.8 Å². The molecule has 0 heterocycles. The third-order valence-electron chi connectivity index (χ3n) is 15.3. The van der Waals surface area contributed by atoms with Gasteiger partial charge in [0.2, 0.25) is 5.91 Å². The fourth-order valence-electron chi connectivity index (χ4n) is 9.90.